The molecule has 0 spiro atoms. The average Bonchev–Trinajstić information content (AvgIpc) is 2.09. The van der Waals surface area contributed by atoms with E-state index in [1.807, 2.05) is 0 Å². The summed E-state index contributed by atoms with van der Waals surface area (Å²) >= 11 is 0. The van der Waals surface area contributed by atoms with Crippen molar-refractivity contribution >= 4 is 0 Å². The van der Waals surface area contributed by atoms with Crippen LogP contribution in [0.25, 0.3) is 0 Å². The van der Waals surface area contributed by atoms with Gasteiger partial charge in [-0.2, -0.15) is 0 Å². The van der Waals surface area contributed by atoms with Gasteiger partial charge in [0, 0.05) is 0 Å². The van der Waals surface area contributed by atoms with E-state index in [0.717, 1.165) is 12.3 Å². The highest BCUT2D eigenvalue weighted by Gasteiger charge is 2.08. The topological polar surface area (TPSA) is 0 Å². The van der Waals surface area contributed by atoms with Gasteiger partial charge in [0.1, 0.15) is 0 Å². The summed E-state index contributed by atoms with van der Waals surface area (Å²) in [5.41, 5.74) is 0.529. The summed E-state index contributed by atoms with van der Waals surface area (Å²) in [7, 11) is 0. The predicted molar refractivity (Wildman–Crippen MR) is 70.9 cm³/mol. The molecule has 1 atom stereocenters. The zero-order valence-electron chi connectivity index (χ0n) is 11.4. The van der Waals surface area contributed by atoms with Crippen LogP contribution in [0.3, 0.4) is 0 Å². The van der Waals surface area contributed by atoms with E-state index in [1.165, 1.54) is 44.9 Å². The molecule has 0 aromatic heterocycles. The second kappa shape index (κ2) is 8.19. The summed E-state index contributed by atoms with van der Waals surface area (Å²) in [4.78, 5) is 0. The highest BCUT2D eigenvalue weighted by molar-refractivity contribution is 4.61. The van der Waals surface area contributed by atoms with Gasteiger partial charge in [0.15, 0.2) is 0 Å². The van der Waals surface area contributed by atoms with E-state index in [9.17, 15) is 0 Å². The molecule has 0 bridgehead atoms. The highest BCUT2D eigenvalue weighted by Crippen LogP contribution is 2.23. The lowest BCUT2D eigenvalue weighted by Gasteiger charge is -2.17. The molecule has 0 heteroatoms. The van der Waals surface area contributed by atoms with Crippen molar-refractivity contribution in [1.82, 2.24) is 0 Å². The highest BCUT2D eigenvalue weighted by atomic mass is 14.1. The molecule has 0 rings (SSSR count). The molecule has 0 aromatic carbocycles. The van der Waals surface area contributed by atoms with E-state index in [4.69, 9.17) is 0 Å². The number of hydrogen-bond donors (Lipinski definition) is 0. The molecule has 0 N–H and O–H groups in total. The maximum Gasteiger partial charge on any atom is -0.0383 e. The predicted octanol–water partition coefficient (Wildman–Crippen LogP) is 5.62. The zero-order valence-corrected chi connectivity index (χ0v) is 11.4. The normalized spacial score (nSPS) is 14.2. The Morgan fingerprint density at radius 2 is 1.53 bits per heavy atom. The monoisotopic (exact) mass is 211 g/mol. The molecule has 0 nitrogen and oxygen atoms in total. The SMILES string of the molecule is [CH2]CCC(C)CCCCCCC(C)(C)C. The Hall–Kier alpha value is 0. The minimum absolute atomic E-state index is 0.529. The van der Waals surface area contributed by atoms with Gasteiger partial charge in [-0.3, -0.25) is 0 Å². The third-order valence-electron chi connectivity index (χ3n) is 3.07. The standard InChI is InChI=1S/C15H31/c1-6-11-14(2)12-9-7-8-10-13-15(3,4)5/h14H,1,6-13H2,2-5H3. The molecule has 1 unspecified atom stereocenters. The van der Waals surface area contributed by atoms with E-state index < -0.39 is 0 Å². The summed E-state index contributed by atoms with van der Waals surface area (Å²) in [5.74, 6) is 0.894. The summed E-state index contributed by atoms with van der Waals surface area (Å²) in [6, 6.07) is 0. The molecule has 0 aliphatic carbocycles. The van der Waals surface area contributed by atoms with Crippen LogP contribution in [-0.2, 0) is 0 Å². The van der Waals surface area contributed by atoms with E-state index in [-0.39, 0.29) is 0 Å². The molecule has 0 amide bonds. The summed E-state index contributed by atoms with van der Waals surface area (Å²) < 4.78 is 0. The first-order valence-electron chi connectivity index (χ1n) is 6.75. The molecule has 1 radical (unpaired) electrons. The van der Waals surface area contributed by atoms with Crippen LogP contribution in [0.4, 0.5) is 0 Å². The van der Waals surface area contributed by atoms with Crippen LogP contribution < -0.4 is 0 Å². The second-order valence-electron chi connectivity index (χ2n) is 6.26. The Bertz CT molecular complexity index is 129. The lowest BCUT2D eigenvalue weighted by Crippen LogP contribution is -2.04. The fourth-order valence-electron chi connectivity index (χ4n) is 1.99. The molecular formula is C15H31. The van der Waals surface area contributed by atoms with Gasteiger partial charge in [0.25, 0.3) is 0 Å². The third kappa shape index (κ3) is 11.9. The van der Waals surface area contributed by atoms with Gasteiger partial charge in [-0.1, -0.05) is 79.6 Å². The lowest BCUT2D eigenvalue weighted by atomic mass is 9.89. The summed E-state index contributed by atoms with van der Waals surface area (Å²) in [6.45, 7) is 13.3. The first-order chi connectivity index (χ1) is 6.95. The van der Waals surface area contributed by atoms with Crippen LogP contribution in [0.1, 0.15) is 79.1 Å². The van der Waals surface area contributed by atoms with Crippen LogP contribution in [0.15, 0.2) is 0 Å². The van der Waals surface area contributed by atoms with Gasteiger partial charge in [-0.15, -0.1) is 0 Å². The summed E-state index contributed by atoms with van der Waals surface area (Å²) in [5, 5.41) is 0. The van der Waals surface area contributed by atoms with Crippen molar-refractivity contribution in [2.75, 3.05) is 0 Å². The van der Waals surface area contributed by atoms with Crippen molar-refractivity contribution in [2.45, 2.75) is 79.1 Å². The Morgan fingerprint density at radius 1 is 0.933 bits per heavy atom. The van der Waals surface area contributed by atoms with Crippen LogP contribution in [0.2, 0.25) is 0 Å². The summed E-state index contributed by atoms with van der Waals surface area (Å²) in [6.07, 6.45) is 10.9. The van der Waals surface area contributed by atoms with E-state index in [2.05, 4.69) is 34.6 Å². The molecule has 91 valence electrons. The van der Waals surface area contributed by atoms with Gasteiger partial charge in [-0.25, -0.2) is 0 Å². The maximum absolute atomic E-state index is 3.91. The molecule has 15 heavy (non-hydrogen) atoms. The van der Waals surface area contributed by atoms with Crippen LogP contribution in [0, 0.1) is 18.3 Å². The molecule has 0 heterocycles. The van der Waals surface area contributed by atoms with Crippen molar-refractivity contribution in [2.24, 2.45) is 11.3 Å². The van der Waals surface area contributed by atoms with E-state index >= 15 is 0 Å². The quantitative estimate of drug-likeness (QED) is 0.457. The fourth-order valence-corrected chi connectivity index (χ4v) is 1.99. The molecule has 0 aliphatic heterocycles. The molecule has 0 saturated carbocycles. The number of unbranched alkanes of at least 4 members (excludes halogenated alkanes) is 3. The Labute approximate surface area is 97.8 Å². The third-order valence-corrected chi connectivity index (χ3v) is 3.07. The largest absolute Gasteiger partial charge is 0.0625 e. The van der Waals surface area contributed by atoms with Crippen molar-refractivity contribution < 1.29 is 0 Å². The van der Waals surface area contributed by atoms with Gasteiger partial charge in [0.2, 0.25) is 0 Å². The zero-order chi connectivity index (χ0) is 11.7. The Kier molecular flexibility index (Phi) is 8.19. The van der Waals surface area contributed by atoms with Crippen molar-refractivity contribution in [3.63, 3.8) is 0 Å². The first-order valence-corrected chi connectivity index (χ1v) is 6.75. The molecule has 0 saturated heterocycles. The Morgan fingerprint density at radius 3 is 2.07 bits per heavy atom. The maximum atomic E-state index is 3.91. The number of rotatable bonds is 8. The Balaban J connectivity index is 3.18. The van der Waals surface area contributed by atoms with Crippen molar-refractivity contribution in [3.8, 4) is 0 Å². The molecular weight excluding hydrogens is 180 g/mol. The first kappa shape index (κ1) is 15.0. The van der Waals surface area contributed by atoms with Gasteiger partial charge in [0.05, 0.1) is 0 Å². The van der Waals surface area contributed by atoms with E-state index in [1.54, 1.807) is 0 Å². The molecule has 0 aliphatic rings. The van der Waals surface area contributed by atoms with Gasteiger partial charge in [-0.05, 0) is 17.8 Å². The fraction of sp³-hybridized carbons (Fsp3) is 0.933. The van der Waals surface area contributed by atoms with Gasteiger partial charge < -0.3 is 0 Å². The van der Waals surface area contributed by atoms with Crippen molar-refractivity contribution in [1.29, 1.82) is 0 Å². The van der Waals surface area contributed by atoms with Crippen LogP contribution in [0.5, 0.6) is 0 Å². The minimum Gasteiger partial charge on any atom is -0.0625 e. The van der Waals surface area contributed by atoms with Crippen LogP contribution in [-0.4, -0.2) is 0 Å². The lowest BCUT2D eigenvalue weighted by molar-refractivity contribution is 0.354. The van der Waals surface area contributed by atoms with Crippen molar-refractivity contribution in [3.05, 3.63) is 6.92 Å². The average molecular weight is 211 g/mol. The molecule has 0 fully saturated rings. The molecule has 0 aromatic rings. The number of hydrogen-bond acceptors (Lipinski definition) is 0. The second-order valence-corrected chi connectivity index (χ2v) is 6.26. The van der Waals surface area contributed by atoms with Gasteiger partial charge >= 0.3 is 0 Å². The smallest absolute Gasteiger partial charge is 0.0383 e. The van der Waals surface area contributed by atoms with E-state index in [0.29, 0.717) is 5.41 Å². The van der Waals surface area contributed by atoms with Crippen LogP contribution >= 0.6 is 0 Å². The minimum atomic E-state index is 0.529.